The van der Waals surface area contributed by atoms with Crippen molar-refractivity contribution in [2.45, 2.75) is 31.8 Å². The first-order chi connectivity index (χ1) is 13.1. The van der Waals surface area contributed by atoms with Crippen LogP contribution >= 0.6 is 11.6 Å². The van der Waals surface area contributed by atoms with E-state index in [1.807, 2.05) is 29.1 Å². The largest absolute Gasteiger partial charge is 0.345 e. The zero-order valence-corrected chi connectivity index (χ0v) is 15.4. The monoisotopic (exact) mass is 383 g/mol. The van der Waals surface area contributed by atoms with Crippen LogP contribution in [0.1, 0.15) is 46.1 Å². The molecule has 0 saturated heterocycles. The fourth-order valence-electron chi connectivity index (χ4n) is 3.57. The van der Waals surface area contributed by atoms with Gasteiger partial charge in [-0.15, -0.1) is 0 Å². The zero-order valence-electron chi connectivity index (χ0n) is 14.7. The number of hydrogen-bond donors (Lipinski definition) is 1. The first-order valence-electron chi connectivity index (χ1n) is 8.96. The van der Waals surface area contributed by atoms with E-state index in [1.54, 1.807) is 0 Å². The van der Waals surface area contributed by atoms with Gasteiger partial charge in [-0.3, -0.25) is 9.48 Å². The smallest absolute Gasteiger partial charge is 0.254 e. The van der Waals surface area contributed by atoms with Crippen molar-refractivity contribution in [3.05, 3.63) is 88.0 Å². The Balaban J connectivity index is 1.54. The van der Waals surface area contributed by atoms with Crippen LogP contribution < -0.4 is 5.32 Å². The molecule has 1 N–H and O–H groups in total. The highest BCUT2D eigenvalue weighted by Crippen LogP contribution is 2.30. The summed E-state index contributed by atoms with van der Waals surface area (Å²) in [6.45, 7) is 0.697. The Morgan fingerprint density at radius 3 is 2.85 bits per heavy atom. The van der Waals surface area contributed by atoms with Crippen LogP contribution in [-0.4, -0.2) is 15.7 Å². The van der Waals surface area contributed by atoms with Crippen LogP contribution in [0.4, 0.5) is 4.39 Å². The van der Waals surface area contributed by atoms with E-state index >= 15 is 0 Å². The maximum absolute atomic E-state index is 14.0. The van der Waals surface area contributed by atoms with Gasteiger partial charge in [0, 0.05) is 16.3 Å². The lowest BCUT2D eigenvalue weighted by atomic mass is 9.92. The highest BCUT2D eigenvalue weighted by Gasteiger charge is 2.26. The lowest BCUT2D eigenvalue weighted by Gasteiger charge is -2.24. The number of carbonyl (C=O) groups excluding carboxylic acids is 1. The molecule has 1 aromatic heterocycles. The second kappa shape index (κ2) is 7.53. The molecule has 0 bridgehead atoms. The van der Waals surface area contributed by atoms with Crippen LogP contribution in [0.5, 0.6) is 0 Å². The summed E-state index contributed by atoms with van der Waals surface area (Å²) in [5, 5.41) is 7.75. The summed E-state index contributed by atoms with van der Waals surface area (Å²) in [6.07, 6.45) is 4.50. The predicted molar refractivity (Wildman–Crippen MR) is 102 cm³/mol. The second-order valence-corrected chi connectivity index (χ2v) is 7.17. The molecule has 0 radical (unpaired) electrons. The van der Waals surface area contributed by atoms with Crippen LogP contribution in [0, 0.1) is 5.82 Å². The Kier molecular flexibility index (Phi) is 4.94. The topological polar surface area (TPSA) is 46.9 Å². The molecule has 1 amide bonds. The van der Waals surface area contributed by atoms with Crippen LogP contribution in [-0.2, 0) is 13.0 Å². The molecule has 0 fully saturated rings. The average molecular weight is 384 g/mol. The minimum Gasteiger partial charge on any atom is -0.345 e. The van der Waals surface area contributed by atoms with Crippen molar-refractivity contribution >= 4 is 17.5 Å². The van der Waals surface area contributed by atoms with Crippen LogP contribution in [0.3, 0.4) is 0 Å². The standard InChI is InChI=1S/C21H19ClFN3O/c22-15-9-10-16(18(23)11-15)21(27)25-19-7-4-8-20-17(19)12-24-26(20)13-14-5-2-1-3-6-14/h1-3,5-6,9-12,19H,4,7-8,13H2,(H,25,27)/t19-/m0/s1. The van der Waals surface area contributed by atoms with E-state index in [0.29, 0.717) is 6.54 Å². The molecule has 0 saturated carbocycles. The van der Waals surface area contributed by atoms with Crippen molar-refractivity contribution in [1.82, 2.24) is 15.1 Å². The quantitative estimate of drug-likeness (QED) is 0.719. The third-order valence-electron chi connectivity index (χ3n) is 4.92. The van der Waals surface area contributed by atoms with E-state index in [4.69, 9.17) is 11.6 Å². The molecule has 1 aliphatic carbocycles. The van der Waals surface area contributed by atoms with Gasteiger partial charge in [0.1, 0.15) is 5.82 Å². The molecule has 4 rings (SSSR count). The van der Waals surface area contributed by atoms with E-state index in [-0.39, 0.29) is 16.6 Å². The summed E-state index contributed by atoms with van der Waals surface area (Å²) in [5.41, 5.74) is 3.33. The molecule has 1 atom stereocenters. The minimum absolute atomic E-state index is 0.00296. The maximum atomic E-state index is 14.0. The highest BCUT2D eigenvalue weighted by atomic mass is 35.5. The molecule has 0 spiro atoms. The van der Waals surface area contributed by atoms with Crippen molar-refractivity contribution < 1.29 is 9.18 Å². The van der Waals surface area contributed by atoms with E-state index in [1.165, 1.54) is 17.7 Å². The first kappa shape index (κ1) is 17.7. The van der Waals surface area contributed by atoms with Crippen LogP contribution in [0.15, 0.2) is 54.7 Å². The minimum atomic E-state index is -0.615. The molecule has 3 aromatic rings. The number of benzene rings is 2. The molecule has 0 unspecified atom stereocenters. The third kappa shape index (κ3) is 3.74. The van der Waals surface area contributed by atoms with Crippen molar-refractivity contribution in [1.29, 1.82) is 0 Å². The lowest BCUT2D eigenvalue weighted by Crippen LogP contribution is -2.31. The maximum Gasteiger partial charge on any atom is 0.254 e. The number of aromatic nitrogens is 2. The number of carbonyl (C=O) groups is 1. The summed E-state index contributed by atoms with van der Waals surface area (Å²) < 4.78 is 16.0. The Labute approximate surface area is 162 Å². The van der Waals surface area contributed by atoms with Crippen molar-refractivity contribution in [3.63, 3.8) is 0 Å². The molecule has 2 aromatic carbocycles. The van der Waals surface area contributed by atoms with E-state index in [9.17, 15) is 9.18 Å². The Bertz CT molecular complexity index is 971. The molecular formula is C21H19ClFN3O. The van der Waals surface area contributed by atoms with Gasteiger partial charge in [-0.1, -0.05) is 41.9 Å². The Morgan fingerprint density at radius 2 is 2.07 bits per heavy atom. The molecule has 4 nitrogen and oxygen atoms in total. The molecule has 0 aliphatic heterocycles. The van der Waals surface area contributed by atoms with E-state index in [0.717, 1.165) is 36.6 Å². The summed E-state index contributed by atoms with van der Waals surface area (Å²) in [6, 6.07) is 14.1. The summed E-state index contributed by atoms with van der Waals surface area (Å²) in [4.78, 5) is 12.5. The number of hydrogen-bond acceptors (Lipinski definition) is 2. The van der Waals surface area contributed by atoms with Gasteiger partial charge in [-0.25, -0.2) is 4.39 Å². The zero-order chi connectivity index (χ0) is 18.8. The number of nitrogens with one attached hydrogen (secondary N) is 1. The summed E-state index contributed by atoms with van der Waals surface area (Å²) in [7, 11) is 0. The van der Waals surface area contributed by atoms with Crippen molar-refractivity contribution in [2.75, 3.05) is 0 Å². The van der Waals surface area contributed by atoms with Gasteiger partial charge in [0.2, 0.25) is 0 Å². The molecule has 138 valence electrons. The number of amides is 1. The van der Waals surface area contributed by atoms with Gasteiger partial charge < -0.3 is 5.32 Å². The molecule has 1 aliphatic rings. The summed E-state index contributed by atoms with van der Waals surface area (Å²) in [5.74, 6) is -1.05. The van der Waals surface area contributed by atoms with Crippen LogP contribution in [0.25, 0.3) is 0 Å². The van der Waals surface area contributed by atoms with Crippen molar-refractivity contribution in [2.24, 2.45) is 0 Å². The summed E-state index contributed by atoms with van der Waals surface area (Å²) >= 11 is 5.77. The Hall–Kier alpha value is -2.66. The van der Waals surface area contributed by atoms with Gasteiger partial charge in [0.05, 0.1) is 24.3 Å². The number of rotatable bonds is 4. The van der Waals surface area contributed by atoms with Crippen molar-refractivity contribution in [3.8, 4) is 0 Å². The van der Waals surface area contributed by atoms with Gasteiger partial charge >= 0.3 is 0 Å². The number of fused-ring (bicyclic) bond motifs is 1. The normalized spacial score (nSPS) is 16.0. The van der Waals surface area contributed by atoms with Gasteiger partial charge in [-0.2, -0.15) is 5.10 Å². The van der Waals surface area contributed by atoms with E-state index in [2.05, 4.69) is 22.5 Å². The first-order valence-corrected chi connectivity index (χ1v) is 9.34. The van der Waals surface area contributed by atoms with E-state index < -0.39 is 11.7 Å². The SMILES string of the molecule is O=C(N[C@H]1CCCc2c1cnn2Cc1ccccc1)c1ccc(Cl)cc1F. The van der Waals surface area contributed by atoms with Gasteiger partial charge in [0.25, 0.3) is 5.91 Å². The van der Waals surface area contributed by atoms with Crippen LogP contribution in [0.2, 0.25) is 5.02 Å². The number of nitrogens with zero attached hydrogens (tertiary/aromatic N) is 2. The third-order valence-corrected chi connectivity index (χ3v) is 5.15. The second-order valence-electron chi connectivity index (χ2n) is 6.73. The molecule has 27 heavy (non-hydrogen) atoms. The van der Waals surface area contributed by atoms with Gasteiger partial charge in [0.15, 0.2) is 0 Å². The molecule has 6 heteroatoms. The predicted octanol–water partition coefficient (Wildman–Crippen LogP) is 4.53. The lowest BCUT2D eigenvalue weighted by molar-refractivity contribution is 0.0928. The fourth-order valence-corrected chi connectivity index (χ4v) is 3.73. The van der Waals surface area contributed by atoms with Gasteiger partial charge in [-0.05, 0) is 43.0 Å². The fraction of sp³-hybridized carbons (Fsp3) is 0.238. The average Bonchev–Trinajstić information content (AvgIpc) is 3.06. The Morgan fingerprint density at radius 1 is 1.26 bits per heavy atom. The highest BCUT2D eigenvalue weighted by molar-refractivity contribution is 6.30. The molecule has 1 heterocycles. The molecular weight excluding hydrogens is 365 g/mol. The number of halogens is 2.